The van der Waals surface area contributed by atoms with Gasteiger partial charge in [0, 0.05) is 12.1 Å². The van der Waals surface area contributed by atoms with Gasteiger partial charge in [0.2, 0.25) is 0 Å². The molecular formula is C14H12ClF2NO. The molecule has 0 aliphatic carbocycles. The van der Waals surface area contributed by atoms with Crippen LogP contribution in [0.2, 0.25) is 5.02 Å². The molecular weight excluding hydrogens is 272 g/mol. The van der Waals surface area contributed by atoms with Gasteiger partial charge in [-0.25, -0.2) is 8.78 Å². The third-order valence-electron chi connectivity index (χ3n) is 2.60. The van der Waals surface area contributed by atoms with E-state index in [-0.39, 0.29) is 22.6 Å². The second-order valence-corrected chi connectivity index (χ2v) is 4.56. The zero-order chi connectivity index (χ0) is 14.0. The number of nitrogens with two attached hydrogens (primary N) is 1. The Bertz CT molecular complexity index is 602. The predicted molar refractivity (Wildman–Crippen MR) is 70.5 cm³/mol. The van der Waals surface area contributed by atoms with Crippen LogP contribution >= 0.6 is 11.6 Å². The Balaban J connectivity index is 2.25. The molecule has 0 bridgehead atoms. The molecule has 2 nitrogen and oxygen atoms in total. The zero-order valence-corrected chi connectivity index (χ0v) is 10.9. The monoisotopic (exact) mass is 283 g/mol. The van der Waals surface area contributed by atoms with E-state index >= 15 is 0 Å². The van der Waals surface area contributed by atoms with Crippen LogP contribution < -0.4 is 10.5 Å². The fourth-order valence-electron chi connectivity index (χ4n) is 1.55. The van der Waals surface area contributed by atoms with Crippen LogP contribution in [0.4, 0.5) is 8.78 Å². The highest BCUT2D eigenvalue weighted by atomic mass is 35.5. The third kappa shape index (κ3) is 3.22. The minimum absolute atomic E-state index is 0.0343. The molecule has 0 amide bonds. The lowest BCUT2D eigenvalue weighted by molar-refractivity contribution is 0.440. The standard InChI is InChI=1S/C14H12ClF2NO/c1-8(18)9-2-5-14(13(17)6-9)19-10-3-4-12(16)11(15)7-10/h2-8H,18H2,1H3/t8-/m0/s1. The van der Waals surface area contributed by atoms with Gasteiger partial charge in [-0.3, -0.25) is 0 Å². The summed E-state index contributed by atoms with van der Waals surface area (Å²) in [6.07, 6.45) is 0. The molecule has 0 radical (unpaired) electrons. The summed E-state index contributed by atoms with van der Waals surface area (Å²) in [7, 11) is 0. The Morgan fingerprint density at radius 3 is 2.42 bits per heavy atom. The summed E-state index contributed by atoms with van der Waals surface area (Å²) in [5.41, 5.74) is 6.32. The van der Waals surface area contributed by atoms with Crippen molar-refractivity contribution in [1.29, 1.82) is 0 Å². The van der Waals surface area contributed by atoms with Crippen LogP contribution in [0.5, 0.6) is 11.5 Å². The molecule has 2 N–H and O–H groups in total. The highest BCUT2D eigenvalue weighted by Crippen LogP contribution is 2.29. The van der Waals surface area contributed by atoms with E-state index in [1.54, 1.807) is 13.0 Å². The molecule has 2 rings (SSSR count). The SMILES string of the molecule is C[C@H](N)c1ccc(Oc2ccc(F)c(Cl)c2)c(F)c1. The Morgan fingerprint density at radius 2 is 1.84 bits per heavy atom. The predicted octanol–water partition coefficient (Wildman–Crippen LogP) is 4.43. The van der Waals surface area contributed by atoms with Gasteiger partial charge in [0.1, 0.15) is 11.6 Å². The van der Waals surface area contributed by atoms with E-state index in [2.05, 4.69) is 0 Å². The molecule has 5 heteroatoms. The van der Waals surface area contributed by atoms with Crippen molar-refractivity contribution in [2.75, 3.05) is 0 Å². The van der Waals surface area contributed by atoms with Crippen LogP contribution in [0.25, 0.3) is 0 Å². The largest absolute Gasteiger partial charge is 0.454 e. The Labute approximate surface area is 114 Å². The quantitative estimate of drug-likeness (QED) is 0.904. The molecule has 0 fully saturated rings. The first-order chi connectivity index (χ1) is 8.97. The van der Waals surface area contributed by atoms with E-state index in [1.165, 1.54) is 24.3 Å². The van der Waals surface area contributed by atoms with Crippen LogP contribution in [-0.4, -0.2) is 0 Å². The van der Waals surface area contributed by atoms with Crippen LogP contribution in [0.1, 0.15) is 18.5 Å². The fourth-order valence-corrected chi connectivity index (χ4v) is 1.72. The molecule has 0 unspecified atom stereocenters. The van der Waals surface area contributed by atoms with Crippen molar-refractivity contribution in [3.63, 3.8) is 0 Å². The number of hydrogen-bond donors (Lipinski definition) is 1. The maximum Gasteiger partial charge on any atom is 0.166 e. The molecule has 100 valence electrons. The van der Waals surface area contributed by atoms with Gasteiger partial charge in [-0.2, -0.15) is 0 Å². The first-order valence-corrected chi connectivity index (χ1v) is 6.03. The van der Waals surface area contributed by atoms with Gasteiger partial charge >= 0.3 is 0 Å². The van der Waals surface area contributed by atoms with E-state index in [9.17, 15) is 8.78 Å². The first-order valence-electron chi connectivity index (χ1n) is 5.65. The van der Waals surface area contributed by atoms with Gasteiger partial charge in [0.05, 0.1) is 5.02 Å². The van der Waals surface area contributed by atoms with Crippen LogP contribution in [-0.2, 0) is 0 Å². The summed E-state index contributed by atoms with van der Waals surface area (Å²) in [4.78, 5) is 0. The van der Waals surface area contributed by atoms with Crippen molar-refractivity contribution in [2.45, 2.75) is 13.0 Å². The van der Waals surface area contributed by atoms with Crippen molar-refractivity contribution in [2.24, 2.45) is 5.73 Å². The van der Waals surface area contributed by atoms with Gasteiger partial charge in [-0.1, -0.05) is 17.7 Å². The van der Waals surface area contributed by atoms with E-state index < -0.39 is 11.6 Å². The van der Waals surface area contributed by atoms with Crippen molar-refractivity contribution in [3.8, 4) is 11.5 Å². The Kier molecular flexibility index (Phi) is 4.02. The van der Waals surface area contributed by atoms with Crippen LogP contribution in [0.15, 0.2) is 36.4 Å². The third-order valence-corrected chi connectivity index (χ3v) is 2.89. The molecule has 0 spiro atoms. The molecule has 2 aromatic rings. The van der Waals surface area contributed by atoms with Crippen molar-refractivity contribution >= 4 is 11.6 Å². The molecule has 19 heavy (non-hydrogen) atoms. The van der Waals surface area contributed by atoms with Gasteiger partial charge in [0.25, 0.3) is 0 Å². The summed E-state index contributed by atoms with van der Waals surface area (Å²) in [5, 5.41) is -0.0786. The Morgan fingerprint density at radius 1 is 1.11 bits per heavy atom. The summed E-state index contributed by atoms with van der Waals surface area (Å²) in [5.74, 6) is -0.789. The molecule has 2 aromatic carbocycles. The van der Waals surface area contributed by atoms with Gasteiger partial charge in [-0.15, -0.1) is 0 Å². The first kappa shape index (κ1) is 13.8. The maximum absolute atomic E-state index is 13.8. The molecule has 0 aliphatic rings. The molecule has 0 aromatic heterocycles. The van der Waals surface area contributed by atoms with Gasteiger partial charge in [-0.05, 0) is 36.8 Å². The highest BCUT2D eigenvalue weighted by molar-refractivity contribution is 6.30. The maximum atomic E-state index is 13.8. The molecule has 1 atom stereocenters. The second kappa shape index (κ2) is 5.55. The minimum atomic E-state index is -0.554. The normalized spacial score (nSPS) is 12.3. The number of ether oxygens (including phenoxy) is 1. The average molecular weight is 284 g/mol. The molecule has 0 heterocycles. The Hall–Kier alpha value is -1.65. The van der Waals surface area contributed by atoms with E-state index in [4.69, 9.17) is 22.1 Å². The van der Waals surface area contributed by atoms with Gasteiger partial charge < -0.3 is 10.5 Å². The minimum Gasteiger partial charge on any atom is -0.454 e. The van der Waals surface area contributed by atoms with Gasteiger partial charge in [0.15, 0.2) is 11.6 Å². The lowest BCUT2D eigenvalue weighted by Crippen LogP contribution is -2.05. The summed E-state index contributed by atoms with van der Waals surface area (Å²) >= 11 is 5.62. The molecule has 0 saturated heterocycles. The fraction of sp³-hybridized carbons (Fsp3) is 0.143. The summed E-state index contributed by atoms with van der Waals surface area (Å²) < 4.78 is 32.1. The van der Waals surface area contributed by atoms with Crippen LogP contribution in [0.3, 0.4) is 0 Å². The van der Waals surface area contributed by atoms with Crippen molar-refractivity contribution < 1.29 is 13.5 Å². The summed E-state index contributed by atoms with van der Waals surface area (Å²) in [6.45, 7) is 1.76. The number of rotatable bonds is 3. The lowest BCUT2D eigenvalue weighted by Gasteiger charge is -2.10. The number of benzene rings is 2. The molecule has 0 aliphatic heterocycles. The number of halogens is 3. The summed E-state index contributed by atoms with van der Waals surface area (Å²) in [6, 6.07) is 8.02. The lowest BCUT2D eigenvalue weighted by atomic mass is 10.1. The van der Waals surface area contributed by atoms with Crippen molar-refractivity contribution in [3.05, 3.63) is 58.6 Å². The zero-order valence-electron chi connectivity index (χ0n) is 10.2. The highest BCUT2D eigenvalue weighted by Gasteiger charge is 2.09. The molecule has 0 saturated carbocycles. The van der Waals surface area contributed by atoms with E-state index in [0.717, 1.165) is 6.07 Å². The smallest absolute Gasteiger partial charge is 0.166 e. The van der Waals surface area contributed by atoms with Crippen molar-refractivity contribution in [1.82, 2.24) is 0 Å². The average Bonchev–Trinajstić information content (AvgIpc) is 2.36. The van der Waals surface area contributed by atoms with E-state index in [1.807, 2.05) is 0 Å². The van der Waals surface area contributed by atoms with E-state index in [0.29, 0.717) is 5.56 Å². The van der Waals surface area contributed by atoms with Crippen LogP contribution in [0, 0.1) is 11.6 Å². The number of hydrogen-bond acceptors (Lipinski definition) is 2. The second-order valence-electron chi connectivity index (χ2n) is 4.16. The topological polar surface area (TPSA) is 35.2 Å².